The molecule has 0 aliphatic rings. The number of carboxylic acids is 1. The molecule has 1 atom stereocenters. The van der Waals surface area contributed by atoms with Crippen molar-refractivity contribution in [3.8, 4) is 0 Å². The summed E-state index contributed by atoms with van der Waals surface area (Å²) < 4.78 is 13.4. The predicted octanol–water partition coefficient (Wildman–Crippen LogP) is 1.74. The van der Waals surface area contributed by atoms with Crippen molar-refractivity contribution in [3.05, 3.63) is 34.6 Å². The molecule has 0 aliphatic heterocycles. The molecule has 0 bridgehead atoms. The normalized spacial score (nSPS) is 11.9. The van der Waals surface area contributed by atoms with Crippen molar-refractivity contribution in [3.63, 3.8) is 0 Å². The van der Waals surface area contributed by atoms with Crippen LogP contribution in [0.4, 0.5) is 4.39 Å². The van der Waals surface area contributed by atoms with E-state index in [-0.39, 0.29) is 10.6 Å². The lowest BCUT2D eigenvalue weighted by molar-refractivity contribution is -0.137. The van der Waals surface area contributed by atoms with Crippen molar-refractivity contribution in [1.29, 1.82) is 0 Å². The van der Waals surface area contributed by atoms with E-state index in [1.54, 1.807) is 0 Å². The fraction of sp³-hybridized carbons (Fsp3) is 0.200. The molecule has 0 aromatic heterocycles. The number of benzene rings is 1. The first kappa shape index (κ1) is 12.4. The molecule has 1 unspecified atom stereocenters. The van der Waals surface area contributed by atoms with E-state index in [9.17, 15) is 14.0 Å². The Kier molecular flexibility index (Phi) is 4.25. The van der Waals surface area contributed by atoms with Gasteiger partial charge in [0.15, 0.2) is 0 Å². The van der Waals surface area contributed by atoms with Crippen LogP contribution >= 0.6 is 11.6 Å². The molecule has 0 radical (unpaired) electrons. The van der Waals surface area contributed by atoms with Crippen LogP contribution < -0.4 is 5.32 Å². The third-order valence-corrected chi connectivity index (χ3v) is 2.22. The molecule has 1 aromatic carbocycles. The first-order valence-electron chi connectivity index (χ1n) is 4.41. The van der Waals surface area contributed by atoms with E-state index < -0.39 is 24.2 Å². The highest BCUT2D eigenvalue weighted by Crippen LogP contribution is 2.23. The van der Waals surface area contributed by atoms with Gasteiger partial charge in [0.25, 0.3) is 0 Å². The zero-order valence-corrected chi connectivity index (χ0v) is 8.87. The smallest absolute Gasteiger partial charge is 0.305 e. The monoisotopic (exact) mass is 245 g/mol. The van der Waals surface area contributed by atoms with Gasteiger partial charge in [-0.3, -0.25) is 9.59 Å². The Hall–Kier alpha value is -1.62. The van der Waals surface area contributed by atoms with E-state index in [0.29, 0.717) is 6.41 Å². The average molecular weight is 246 g/mol. The van der Waals surface area contributed by atoms with E-state index in [0.717, 1.165) is 6.07 Å². The molecule has 0 saturated heterocycles. The first-order valence-corrected chi connectivity index (χ1v) is 4.79. The van der Waals surface area contributed by atoms with Crippen LogP contribution in [-0.2, 0) is 9.59 Å². The van der Waals surface area contributed by atoms with Crippen molar-refractivity contribution in [1.82, 2.24) is 5.32 Å². The van der Waals surface area contributed by atoms with E-state index in [1.165, 1.54) is 12.1 Å². The summed E-state index contributed by atoms with van der Waals surface area (Å²) in [6.45, 7) is 0. The van der Waals surface area contributed by atoms with Crippen LogP contribution in [0.3, 0.4) is 0 Å². The number of carbonyl (C=O) groups excluding carboxylic acids is 1. The van der Waals surface area contributed by atoms with Crippen molar-refractivity contribution < 1.29 is 19.1 Å². The van der Waals surface area contributed by atoms with Crippen LogP contribution in [0, 0.1) is 5.82 Å². The van der Waals surface area contributed by atoms with Crippen LogP contribution in [0.15, 0.2) is 18.2 Å². The zero-order valence-electron chi connectivity index (χ0n) is 8.11. The highest BCUT2D eigenvalue weighted by molar-refractivity contribution is 6.30. The number of nitrogens with one attached hydrogen (secondary N) is 1. The van der Waals surface area contributed by atoms with Crippen molar-refractivity contribution in [2.75, 3.05) is 0 Å². The minimum absolute atomic E-state index is 0.0574. The summed E-state index contributed by atoms with van der Waals surface area (Å²) in [5, 5.41) is 11.1. The second kappa shape index (κ2) is 5.46. The number of rotatable bonds is 5. The third-order valence-electron chi connectivity index (χ3n) is 1.98. The van der Waals surface area contributed by atoms with Crippen LogP contribution in [0.25, 0.3) is 0 Å². The molecule has 4 nitrogen and oxygen atoms in total. The maximum atomic E-state index is 13.4. The summed E-state index contributed by atoms with van der Waals surface area (Å²) in [5.74, 6) is -1.75. The standard InChI is InChI=1S/C10H9ClFNO3/c11-6-1-2-8(12)7(3-6)9(13-5-14)4-10(15)16/h1-3,5,9H,4H2,(H,13,14)(H,15,16). The predicted molar refractivity (Wildman–Crippen MR) is 55.6 cm³/mol. The van der Waals surface area contributed by atoms with Crippen molar-refractivity contribution in [2.24, 2.45) is 0 Å². The maximum absolute atomic E-state index is 13.4. The second-order valence-electron chi connectivity index (χ2n) is 3.10. The number of amides is 1. The van der Waals surface area contributed by atoms with Gasteiger partial charge in [0.1, 0.15) is 5.82 Å². The van der Waals surface area contributed by atoms with Gasteiger partial charge < -0.3 is 10.4 Å². The molecule has 16 heavy (non-hydrogen) atoms. The lowest BCUT2D eigenvalue weighted by Crippen LogP contribution is -2.23. The molecular formula is C10H9ClFNO3. The minimum atomic E-state index is -1.14. The summed E-state index contributed by atoms with van der Waals surface area (Å²) in [6.07, 6.45) is -0.0794. The molecule has 0 fully saturated rings. The molecular weight excluding hydrogens is 237 g/mol. The summed E-state index contributed by atoms with van der Waals surface area (Å²) in [5.41, 5.74) is 0.0574. The Morgan fingerprint density at radius 3 is 2.88 bits per heavy atom. The van der Waals surface area contributed by atoms with Gasteiger partial charge in [0.05, 0.1) is 12.5 Å². The Balaban J connectivity index is 3.03. The van der Waals surface area contributed by atoms with Crippen LogP contribution in [-0.4, -0.2) is 17.5 Å². The molecule has 86 valence electrons. The summed E-state index contributed by atoms with van der Waals surface area (Å²) in [6, 6.07) is 2.84. The Labute approximate surface area is 96.0 Å². The van der Waals surface area contributed by atoms with E-state index in [4.69, 9.17) is 16.7 Å². The van der Waals surface area contributed by atoms with Gasteiger partial charge >= 0.3 is 5.97 Å². The molecule has 0 saturated carbocycles. The highest BCUT2D eigenvalue weighted by Gasteiger charge is 2.18. The quantitative estimate of drug-likeness (QED) is 0.777. The number of hydrogen-bond acceptors (Lipinski definition) is 2. The van der Waals surface area contributed by atoms with Gasteiger partial charge in [-0.05, 0) is 18.2 Å². The summed E-state index contributed by atoms with van der Waals surface area (Å²) >= 11 is 5.67. The van der Waals surface area contributed by atoms with Crippen LogP contribution in [0.2, 0.25) is 5.02 Å². The van der Waals surface area contributed by atoms with Gasteiger partial charge in [-0.2, -0.15) is 0 Å². The average Bonchev–Trinajstić information content (AvgIpc) is 2.20. The van der Waals surface area contributed by atoms with Gasteiger partial charge in [0.2, 0.25) is 6.41 Å². The number of carboxylic acid groups (broad SMARTS) is 1. The van der Waals surface area contributed by atoms with Crippen molar-refractivity contribution >= 4 is 24.0 Å². The van der Waals surface area contributed by atoms with Crippen LogP contribution in [0.1, 0.15) is 18.0 Å². The van der Waals surface area contributed by atoms with Crippen molar-refractivity contribution in [2.45, 2.75) is 12.5 Å². The number of carbonyl (C=O) groups is 2. The molecule has 1 rings (SSSR count). The van der Waals surface area contributed by atoms with Gasteiger partial charge in [-0.15, -0.1) is 0 Å². The van der Waals surface area contributed by atoms with E-state index >= 15 is 0 Å². The van der Waals surface area contributed by atoms with E-state index in [2.05, 4.69) is 5.32 Å². The fourth-order valence-electron chi connectivity index (χ4n) is 1.30. The number of aliphatic carboxylic acids is 1. The second-order valence-corrected chi connectivity index (χ2v) is 3.54. The number of hydrogen-bond donors (Lipinski definition) is 2. The topological polar surface area (TPSA) is 66.4 Å². The minimum Gasteiger partial charge on any atom is -0.481 e. The fourth-order valence-corrected chi connectivity index (χ4v) is 1.48. The van der Waals surface area contributed by atoms with Gasteiger partial charge in [0, 0.05) is 10.6 Å². The highest BCUT2D eigenvalue weighted by atomic mass is 35.5. The molecule has 1 aromatic rings. The summed E-state index contributed by atoms with van der Waals surface area (Å²) in [4.78, 5) is 20.8. The first-order chi connectivity index (χ1) is 7.54. The Morgan fingerprint density at radius 1 is 1.62 bits per heavy atom. The number of halogens is 2. The molecule has 6 heteroatoms. The zero-order chi connectivity index (χ0) is 12.1. The van der Waals surface area contributed by atoms with Gasteiger partial charge in [-0.1, -0.05) is 11.6 Å². The third kappa shape index (κ3) is 3.20. The summed E-state index contributed by atoms with van der Waals surface area (Å²) in [7, 11) is 0. The Morgan fingerprint density at radius 2 is 2.31 bits per heavy atom. The lowest BCUT2D eigenvalue weighted by Gasteiger charge is -2.15. The molecule has 0 spiro atoms. The molecule has 0 heterocycles. The van der Waals surface area contributed by atoms with Crippen LogP contribution in [0.5, 0.6) is 0 Å². The molecule has 0 aliphatic carbocycles. The molecule has 2 N–H and O–H groups in total. The largest absolute Gasteiger partial charge is 0.481 e. The SMILES string of the molecule is O=CNC(CC(=O)O)c1cc(Cl)ccc1F. The lowest BCUT2D eigenvalue weighted by atomic mass is 10.0. The van der Waals surface area contributed by atoms with Gasteiger partial charge in [-0.25, -0.2) is 4.39 Å². The van der Waals surface area contributed by atoms with E-state index in [1.807, 2.05) is 0 Å². The molecule has 1 amide bonds. The Bertz CT molecular complexity index is 411. The maximum Gasteiger partial charge on any atom is 0.305 e.